The third-order valence-corrected chi connectivity index (χ3v) is 5.16. The Hall–Kier alpha value is -1.43. The SMILES string of the molecule is CC1CCN(CC(O)CN(C)Cc2nc3ccccc3n2C)CC1. The minimum atomic E-state index is -0.307. The van der Waals surface area contributed by atoms with Gasteiger partial charge in [-0.15, -0.1) is 0 Å². The summed E-state index contributed by atoms with van der Waals surface area (Å²) in [4.78, 5) is 9.27. The average molecular weight is 330 g/mol. The van der Waals surface area contributed by atoms with Crippen molar-refractivity contribution in [3.63, 3.8) is 0 Å². The van der Waals surface area contributed by atoms with Gasteiger partial charge in [0, 0.05) is 20.1 Å². The number of β-amino-alcohol motifs (C(OH)–C–C–N with tert-alkyl or cyclic N) is 1. The molecule has 1 aliphatic rings. The molecule has 0 bridgehead atoms. The van der Waals surface area contributed by atoms with Crippen molar-refractivity contribution in [2.75, 3.05) is 33.2 Å². The van der Waals surface area contributed by atoms with Crippen molar-refractivity contribution in [1.82, 2.24) is 19.4 Å². The Labute approximate surface area is 144 Å². The van der Waals surface area contributed by atoms with Crippen molar-refractivity contribution < 1.29 is 5.11 Å². The Bertz CT molecular complexity index is 660. The van der Waals surface area contributed by atoms with Gasteiger partial charge in [0.2, 0.25) is 0 Å². The Kier molecular flexibility index (Phi) is 5.54. The van der Waals surface area contributed by atoms with Crippen molar-refractivity contribution in [2.45, 2.75) is 32.4 Å². The van der Waals surface area contributed by atoms with Gasteiger partial charge in [0.25, 0.3) is 0 Å². The van der Waals surface area contributed by atoms with Crippen molar-refractivity contribution in [2.24, 2.45) is 13.0 Å². The summed E-state index contributed by atoms with van der Waals surface area (Å²) in [5.41, 5.74) is 2.19. The number of aromatic nitrogens is 2. The molecule has 1 unspecified atom stereocenters. The molecule has 2 heterocycles. The smallest absolute Gasteiger partial charge is 0.123 e. The molecule has 2 aromatic rings. The lowest BCUT2D eigenvalue weighted by Crippen LogP contribution is -2.42. The number of piperidine rings is 1. The van der Waals surface area contributed by atoms with Gasteiger partial charge in [0.05, 0.1) is 23.7 Å². The van der Waals surface area contributed by atoms with E-state index in [4.69, 9.17) is 4.98 Å². The molecule has 1 N–H and O–H groups in total. The number of aryl methyl sites for hydroxylation is 1. The summed E-state index contributed by atoms with van der Waals surface area (Å²) < 4.78 is 2.14. The fourth-order valence-corrected chi connectivity index (χ4v) is 3.60. The zero-order valence-corrected chi connectivity index (χ0v) is 15.1. The van der Waals surface area contributed by atoms with Gasteiger partial charge in [0.15, 0.2) is 0 Å². The summed E-state index contributed by atoms with van der Waals surface area (Å²) in [6, 6.07) is 8.20. The molecular formula is C19H30N4O. The molecule has 0 spiro atoms. The number of hydrogen-bond acceptors (Lipinski definition) is 4. The second-order valence-corrected chi connectivity index (χ2v) is 7.41. The van der Waals surface area contributed by atoms with E-state index in [1.165, 1.54) is 12.8 Å². The summed E-state index contributed by atoms with van der Waals surface area (Å²) in [5, 5.41) is 10.4. The molecule has 1 aliphatic heterocycles. The van der Waals surface area contributed by atoms with Gasteiger partial charge in [-0.05, 0) is 51.0 Å². The fraction of sp³-hybridized carbons (Fsp3) is 0.632. The van der Waals surface area contributed by atoms with E-state index in [0.29, 0.717) is 6.54 Å². The van der Waals surface area contributed by atoms with Crippen LogP contribution in [-0.2, 0) is 13.6 Å². The summed E-state index contributed by atoms with van der Waals surface area (Å²) in [6.07, 6.45) is 2.20. The lowest BCUT2D eigenvalue weighted by molar-refractivity contribution is 0.0655. The molecule has 5 heteroatoms. The summed E-state index contributed by atoms with van der Waals surface area (Å²) in [7, 11) is 4.12. The number of fused-ring (bicyclic) bond motifs is 1. The number of aliphatic hydroxyl groups is 1. The van der Waals surface area contributed by atoms with E-state index in [2.05, 4.69) is 41.5 Å². The molecule has 132 valence electrons. The van der Waals surface area contributed by atoms with Crippen molar-refractivity contribution in [1.29, 1.82) is 0 Å². The van der Waals surface area contributed by atoms with Gasteiger partial charge in [0.1, 0.15) is 5.82 Å². The van der Waals surface area contributed by atoms with E-state index in [9.17, 15) is 5.11 Å². The maximum atomic E-state index is 10.4. The van der Waals surface area contributed by atoms with Crippen LogP contribution in [0.25, 0.3) is 11.0 Å². The zero-order chi connectivity index (χ0) is 17.1. The van der Waals surface area contributed by atoms with Crippen LogP contribution in [0.4, 0.5) is 0 Å². The van der Waals surface area contributed by atoms with Gasteiger partial charge < -0.3 is 14.6 Å². The predicted octanol–water partition coefficient (Wildman–Crippen LogP) is 2.10. The van der Waals surface area contributed by atoms with Crippen LogP contribution in [0.15, 0.2) is 24.3 Å². The van der Waals surface area contributed by atoms with Crippen LogP contribution in [-0.4, -0.2) is 63.8 Å². The number of benzene rings is 1. The van der Waals surface area contributed by atoms with Gasteiger partial charge >= 0.3 is 0 Å². The monoisotopic (exact) mass is 330 g/mol. The fourth-order valence-electron chi connectivity index (χ4n) is 3.60. The zero-order valence-electron chi connectivity index (χ0n) is 15.1. The van der Waals surface area contributed by atoms with Crippen molar-refractivity contribution in [3.8, 4) is 0 Å². The highest BCUT2D eigenvalue weighted by Crippen LogP contribution is 2.17. The largest absolute Gasteiger partial charge is 0.390 e. The number of likely N-dealkylation sites (N-methyl/N-ethyl adjacent to an activating group) is 1. The lowest BCUT2D eigenvalue weighted by Gasteiger charge is -2.32. The number of rotatable bonds is 6. The molecule has 0 radical (unpaired) electrons. The number of nitrogens with zero attached hydrogens (tertiary/aromatic N) is 4. The maximum absolute atomic E-state index is 10.4. The van der Waals surface area contributed by atoms with E-state index in [0.717, 1.165) is 49.0 Å². The predicted molar refractivity (Wildman–Crippen MR) is 97.9 cm³/mol. The van der Waals surface area contributed by atoms with Gasteiger partial charge in [-0.1, -0.05) is 19.1 Å². The Balaban J connectivity index is 1.52. The van der Waals surface area contributed by atoms with Crippen LogP contribution >= 0.6 is 0 Å². The summed E-state index contributed by atoms with van der Waals surface area (Å²) >= 11 is 0. The third kappa shape index (κ3) is 4.15. The molecule has 1 aromatic heterocycles. The molecule has 1 fully saturated rings. The first kappa shape index (κ1) is 17.4. The highest BCUT2D eigenvalue weighted by molar-refractivity contribution is 5.75. The molecular weight excluding hydrogens is 300 g/mol. The van der Waals surface area contributed by atoms with Crippen molar-refractivity contribution >= 4 is 11.0 Å². The quantitative estimate of drug-likeness (QED) is 0.881. The van der Waals surface area contributed by atoms with Crippen LogP contribution in [0.1, 0.15) is 25.6 Å². The van der Waals surface area contributed by atoms with Crippen LogP contribution < -0.4 is 0 Å². The molecule has 1 saturated heterocycles. The average Bonchev–Trinajstić information content (AvgIpc) is 2.86. The van der Waals surface area contributed by atoms with Gasteiger partial charge in [-0.25, -0.2) is 4.98 Å². The second kappa shape index (κ2) is 7.64. The summed E-state index contributed by atoms with van der Waals surface area (Å²) in [6.45, 7) is 6.76. The topological polar surface area (TPSA) is 44.5 Å². The first-order valence-corrected chi connectivity index (χ1v) is 9.02. The third-order valence-electron chi connectivity index (χ3n) is 5.16. The normalized spacial score (nSPS) is 18.5. The molecule has 0 aliphatic carbocycles. The van der Waals surface area contributed by atoms with Gasteiger partial charge in [-0.2, -0.15) is 0 Å². The minimum Gasteiger partial charge on any atom is -0.390 e. The molecule has 0 amide bonds. The van der Waals surface area contributed by atoms with Crippen molar-refractivity contribution in [3.05, 3.63) is 30.1 Å². The Morgan fingerprint density at radius 3 is 2.71 bits per heavy atom. The van der Waals surface area contributed by atoms with Crippen LogP contribution in [0.3, 0.4) is 0 Å². The van der Waals surface area contributed by atoms with E-state index in [-0.39, 0.29) is 6.10 Å². The Morgan fingerprint density at radius 2 is 2.00 bits per heavy atom. The second-order valence-electron chi connectivity index (χ2n) is 7.41. The Morgan fingerprint density at radius 1 is 1.29 bits per heavy atom. The standard InChI is InChI=1S/C19H30N4O/c1-15-8-10-23(11-9-15)13-16(24)12-21(2)14-19-20-17-6-4-5-7-18(17)22(19)3/h4-7,15-16,24H,8-14H2,1-3H3. The number of likely N-dealkylation sites (tertiary alicyclic amines) is 1. The van der Waals surface area contributed by atoms with E-state index >= 15 is 0 Å². The van der Waals surface area contributed by atoms with E-state index < -0.39 is 0 Å². The molecule has 5 nitrogen and oxygen atoms in total. The number of hydrogen-bond donors (Lipinski definition) is 1. The van der Waals surface area contributed by atoms with Crippen LogP contribution in [0, 0.1) is 5.92 Å². The van der Waals surface area contributed by atoms with Crippen LogP contribution in [0.5, 0.6) is 0 Å². The molecule has 1 atom stereocenters. The lowest BCUT2D eigenvalue weighted by atomic mass is 9.99. The van der Waals surface area contributed by atoms with E-state index in [1.807, 2.05) is 18.2 Å². The number of imidazole rings is 1. The van der Waals surface area contributed by atoms with E-state index in [1.54, 1.807) is 0 Å². The number of para-hydroxylation sites is 2. The van der Waals surface area contributed by atoms with Crippen LogP contribution in [0.2, 0.25) is 0 Å². The molecule has 3 rings (SSSR count). The molecule has 24 heavy (non-hydrogen) atoms. The minimum absolute atomic E-state index is 0.307. The summed E-state index contributed by atoms with van der Waals surface area (Å²) in [5.74, 6) is 1.87. The maximum Gasteiger partial charge on any atom is 0.123 e. The number of aliphatic hydroxyl groups excluding tert-OH is 1. The first-order valence-electron chi connectivity index (χ1n) is 9.02. The van der Waals surface area contributed by atoms with Gasteiger partial charge in [-0.3, -0.25) is 4.90 Å². The molecule has 1 aromatic carbocycles. The first-order chi connectivity index (χ1) is 11.5. The molecule has 0 saturated carbocycles. The highest BCUT2D eigenvalue weighted by atomic mass is 16.3. The highest BCUT2D eigenvalue weighted by Gasteiger charge is 2.19.